The first-order valence-electron chi connectivity index (χ1n) is 6.70. The number of rotatable bonds is 5. The zero-order valence-electron chi connectivity index (χ0n) is 13.1. The van der Waals surface area contributed by atoms with Gasteiger partial charge < -0.3 is 5.73 Å². The Balaban J connectivity index is 3.10. The van der Waals surface area contributed by atoms with Crippen LogP contribution in [-0.4, -0.2) is 6.26 Å². The highest BCUT2D eigenvalue weighted by atomic mass is 32.2. The summed E-state index contributed by atoms with van der Waals surface area (Å²) in [7, 11) is 0. The van der Waals surface area contributed by atoms with Gasteiger partial charge in [0.1, 0.15) is 0 Å². The molecule has 0 aliphatic rings. The molecule has 0 unspecified atom stereocenters. The third-order valence-electron chi connectivity index (χ3n) is 4.05. The van der Waals surface area contributed by atoms with E-state index in [2.05, 4.69) is 59.6 Å². The lowest BCUT2D eigenvalue weighted by atomic mass is 9.69. The van der Waals surface area contributed by atoms with E-state index in [0.717, 1.165) is 12.1 Å². The minimum Gasteiger partial charge on any atom is -0.398 e. The maximum Gasteiger partial charge on any atom is 0.0452 e. The van der Waals surface area contributed by atoms with Gasteiger partial charge in [0.05, 0.1) is 0 Å². The topological polar surface area (TPSA) is 26.0 Å². The molecule has 106 valence electrons. The monoisotopic (exact) mass is 277 g/mol. The van der Waals surface area contributed by atoms with Gasteiger partial charge >= 0.3 is 0 Å². The minimum absolute atomic E-state index is 0.112. The van der Waals surface area contributed by atoms with E-state index in [9.17, 15) is 0 Å². The van der Waals surface area contributed by atoms with Gasteiger partial charge in [-0.25, -0.2) is 0 Å². The molecule has 0 spiro atoms. The van der Waals surface area contributed by atoms with E-state index >= 15 is 0 Å². The first-order valence-corrected chi connectivity index (χ1v) is 7.92. The van der Waals surface area contributed by atoms with Crippen molar-refractivity contribution in [1.29, 1.82) is 0 Å². The molecule has 2 heteroatoms. The second-order valence-electron chi connectivity index (χ2n) is 6.68. The van der Waals surface area contributed by atoms with E-state index in [4.69, 9.17) is 5.73 Å². The van der Waals surface area contributed by atoms with Gasteiger partial charge in [-0.1, -0.05) is 45.9 Å². The zero-order chi connectivity index (χ0) is 14.8. The summed E-state index contributed by atoms with van der Waals surface area (Å²) in [5, 5.41) is 0. The molecule has 2 N–H and O–H groups in total. The van der Waals surface area contributed by atoms with Crippen molar-refractivity contribution in [2.24, 2.45) is 5.41 Å². The molecule has 0 heterocycles. The molecule has 0 amide bonds. The molecule has 1 rings (SSSR count). The fourth-order valence-corrected chi connectivity index (χ4v) is 3.04. The SMILES string of the molecule is C=C(C)C(C)(C)CC(C)(C)c1ccc(N)c(SC)c1. The van der Waals surface area contributed by atoms with Crippen molar-refractivity contribution in [2.45, 2.75) is 51.3 Å². The third kappa shape index (κ3) is 3.79. The lowest BCUT2D eigenvalue weighted by molar-refractivity contribution is 0.305. The molecule has 0 radical (unpaired) electrons. The number of anilines is 1. The van der Waals surface area contributed by atoms with Gasteiger partial charge in [-0.3, -0.25) is 0 Å². The van der Waals surface area contributed by atoms with E-state index in [0.29, 0.717) is 0 Å². The summed E-state index contributed by atoms with van der Waals surface area (Å²) in [4.78, 5) is 1.17. The van der Waals surface area contributed by atoms with Crippen molar-refractivity contribution in [1.82, 2.24) is 0 Å². The van der Waals surface area contributed by atoms with Gasteiger partial charge in [-0.05, 0) is 48.1 Å². The summed E-state index contributed by atoms with van der Waals surface area (Å²) in [5.41, 5.74) is 9.69. The van der Waals surface area contributed by atoms with Gasteiger partial charge in [-0.2, -0.15) is 0 Å². The quantitative estimate of drug-likeness (QED) is 0.451. The smallest absolute Gasteiger partial charge is 0.0452 e. The predicted molar refractivity (Wildman–Crippen MR) is 88.9 cm³/mol. The Morgan fingerprint density at radius 3 is 2.32 bits per heavy atom. The summed E-state index contributed by atoms with van der Waals surface area (Å²) in [6, 6.07) is 6.41. The average Bonchev–Trinajstić information content (AvgIpc) is 2.27. The van der Waals surface area contributed by atoms with Crippen LogP contribution in [0.5, 0.6) is 0 Å². The van der Waals surface area contributed by atoms with Crippen molar-refractivity contribution < 1.29 is 0 Å². The minimum atomic E-state index is 0.112. The normalized spacial score (nSPS) is 12.5. The van der Waals surface area contributed by atoms with Crippen LogP contribution in [0.4, 0.5) is 5.69 Å². The predicted octanol–water partition coefficient (Wildman–Crippen LogP) is 5.26. The van der Waals surface area contributed by atoms with Crippen LogP contribution < -0.4 is 5.73 Å². The molecule has 0 aromatic heterocycles. The number of thioether (sulfide) groups is 1. The standard InChI is InChI=1S/C17H27NS/c1-12(2)16(3,4)11-17(5,6)13-8-9-14(18)15(10-13)19-7/h8-10H,1,11,18H2,2-7H3. The van der Waals surface area contributed by atoms with Gasteiger partial charge in [0.2, 0.25) is 0 Å². The molecule has 1 nitrogen and oxygen atoms in total. The van der Waals surface area contributed by atoms with E-state index < -0.39 is 0 Å². The number of allylic oxidation sites excluding steroid dienone is 1. The molecule has 0 aliphatic heterocycles. The Hall–Kier alpha value is -0.890. The first-order chi connectivity index (χ1) is 8.60. The van der Waals surface area contributed by atoms with Crippen LogP contribution in [0.2, 0.25) is 0 Å². The largest absolute Gasteiger partial charge is 0.398 e. The number of hydrogen-bond acceptors (Lipinski definition) is 2. The van der Waals surface area contributed by atoms with Crippen LogP contribution in [-0.2, 0) is 5.41 Å². The van der Waals surface area contributed by atoms with Crippen molar-refractivity contribution in [3.8, 4) is 0 Å². The summed E-state index contributed by atoms with van der Waals surface area (Å²) in [6.45, 7) is 15.4. The number of hydrogen-bond donors (Lipinski definition) is 1. The van der Waals surface area contributed by atoms with E-state index in [1.54, 1.807) is 11.8 Å². The molecule has 0 atom stereocenters. The Morgan fingerprint density at radius 1 is 1.26 bits per heavy atom. The van der Waals surface area contributed by atoms with Crippen LogP contribution in [0, 0.1) is 5.41 Å². The van der Waals surface area contributed by atoms with Gasteiger partial charge in [0, 0.05) is 10.6 Å². The maximum absolute atomic E-state index is 5.98. The average molecular weight is 277 g/mol. The Kier molecular flexibility index (Phi) is 4.78. The lowest BCUT2D eigenvalue weighted by Gasteiger charge is -2.36. The van der Waals surface area contributed by atoms with E-state index in [1.165, 1.54) is 16.0 Å². The van der Waals surface area contributed by atoms with Crippen LogP contribution >= 0.6 is 11.8 Å². The molecular weight excluding hydrogens is 250 g/mol. The van der Waals surface area contributed by atoms with E-state index in [1.807, 2.05) is 6.07 Å². The second-order valence-corrected chi connectivity index (χ2v) is 7.53. The van der Waals surface area contributed by atoms with Crippen LogP contribution in [0.15, 0.2) is 35.2 Å². The number of benzene rings is 1. The van der Waals surface area contributed by atoms with E-state index in [-0.39, 0.29) is 10.8 Å². The zero-order valence-corrected chi connectivity index (χ0v) is 13.9. The molecule has 0 fully saturated rings. The van der Waals surface area contributed by atoms with Crippen molar-refractivity contribution in [3.63, 3.8) is 0 Å². The fraction of sp³-hybridized carbons (Fsp3) is 0.529. The van der Waals surface area contributed by atoms with Gasteiger partial charge in [-0.15, -0.1) is 11.8 Å². The summed E-state index contributed by atoms with van der Waals surface area (Å²) >= 11 is 1.71. The van der Waals surface area contributed by atoms with Crippen LogP contribution in [0.25, 0.3) is 0 Å². The molecule has 0 saturated heterocycles. The van der Waals surface area contributed by atoms with Crippen molar-refractivity contribution in [2.75, 3.05) is 12.0 Å². The molecule has 1 aromatic rings. The third-order valence-corrected chi connectivity index (χ3v) is 4.85. The molecule has 0 aliphatic carbocycles. The summed E-state index contributed by atoms with van der Waals surface area (Å²) in [5.74, 6) is 0. The Morgan fingerprint density at radius 2 is 1.84 bits per heavy atom. The Labute approximate surface area is 122 Å². The van der Waals surface area contributed by atoms with Gasteiger partial charge in [0.15, 0.2) is 0 Å². The molecule has 19 heavy (non-hydrogen) atoms. The molecule has 1 aromatic carbocycles. The lowest BCUT2D eigenvalue weighted by Crippen LogP contribution is -2.27. The highest BCUT2D eigenvalue weighted by molar-refractivity contribution is 7.98. The van der Waals surface area contributed by atoms with Crippen molar-refractivity contribution in [3.05, 3.63) is 35.9 Å². The molecule has 0 saturated carbocycles. The summed E-state index contributed by atoms with van der Waals surface area (Å²) in [6.07, 6.45) is 3.15. The number of nitrogen functional groups attached to an aromatic ring is 1. The maximum atomic E-state index is 5.98. The fourth-order valence-electron chi connectivity index (χ4n) is 2.49. The van der Waals surface area contributed by atoms with Crippen molar-refractivity contribution >= 4 is 17.4 Å². The second kappa shape index (κ2) is 5.62. The highest BCUT2D eigenvalue weighted by Crippen LogP contribution is 2.41. The summed E-state index contributed by atoms with van der Waals surface area (Å²) < 4.78 is 0. The Bertz CT molecular complexity index is 472. The van der Waals surface area contributed by atoms with Gasteiger partial charge in [0.25, 0.3) is 0 Å². The first kappa shape index (κ1) is 16.2. The van der Waals surface area contributed by atoms with Crippen LogP contribution in [0.1, 0.15) is 46.6 Å². The highest BCUT2D eigenvalue weighted by Gasteiger charge is 2.31. The number of nitrogens with two attached hydrogens (primary N) is 1. The molecule has 0 bridgehead atoms. The van der Waals surface area contributed by atoms with Crippen LogP contribution in [0.3, 0.4) is 0 Å². The molecular formula is C17H27NS.